The Hall–Kier alpha value is -2.89. The van der Waals surface area contributed by atoms with Crippen LogP contribution in [0.2, 0.25) is 0 Å². The molecule has 40 heavy (non-hydrogen) atoms. The molecule has 2 amide bonds. The van der Waals surface area contributed by atoms with Gasteiger partial charge in [0.05, 0.1) is 25.4 Å². The van der Waals surface area contributed by atoms with Crippen molar-refractivity contribution in [1.82, 2.24) is 10.2 Å². The average molecular weight is 563 g/mol. The maximum Gasteiger partial charge on any atom is 0.410 e. The van der Waals surface area contributed by atoms with Crippen LogP contribution in [0.4, 0.5) is 9.59 Å². The van der Waals surface area contributed by atoms with Crippen LogP contribution in [0.15, 0.2) is 30.3 Å². The first-order valence-corrected chi connectivity index (χ1v) is 13.7. The van der Waals surface area contributed by atoms with Gasteiger partial charge in [0.1, 0.15) is 41.7 Å². The summed E-state index contributed by atoms with van der Waals surface area (Å²) in [5.74, 6) is -0.553. The van der Waals surface area contributed by atoms with Gasteiger partial charge >= 0.3 is 18.2 Å². The molecule has 11 heteroatoms. The van der Waals surface area contributed by atoms with Crippen LogP contribution < -0.4 is 5.32 Å². The van der Waals surface area contributed by atoms with E-state index in [4.69, 9.17) is 28.4 Å². The van der Waals surface area contributed by atoms with Gasteiger partial charge < -0.3 is 38.6 Å². The molecule has 1 N–H and O–H groups in total. The maximum atomic E-state index is 13.2. The Morgan fingerprint density at radius 2 is 1.73 bits per heavy atom. The fraction of sp³-hybridized carbons (Fsp3) is 0.690. The summed E-state index contributed by atoms with van der Waals surface area (Å²) in [5, 5.41) is 2.62. The minimum Gasteiger partial charge on any atom is -0.461 e. The minimum atomic E-state index is -0.948. The predicted octanol–water partition coefficient (Wildman–Crippen LogP) is 3.57. The van der Waals surface area contributed by atoms with Crippen molar-refractivity contribution < 1.29 is 42.8 Å². The molecule has 6 atom stereocenters. The molecule has 0 aliphatic carbocycles. The van der Waals surface area contributed by atoms with Gasteiger partial charge in [-0.15, -0.1) is 0 Å². The van der Waals surface area contributed by atoms with E-state index in [1.54, 1.807) is 27.8 Å². The Kier molecular flexibility index (Phi) is 8.68. The highest BCUT2D eigenvalue weighted by Gasteiger charge is 2.59. The molecule has 0 bridgehead atoms. The van der Waals surface area contributed by atoms with Gasteiger partial charge in [0, 0.05) is 19.9 Å². The number of ether oxygens (including phenoxy) is 6. The maximum absolute atomic E-state index is 13.2. The van der Waals surface area contributed by atoms with Gasteiger partial charge in [0.15, 0.2) is 0 Å². The van der Waals surface area contributed by atoms with E-state index >= 15 is 0 Å². The molecule has 3 saturated heterocycles. The second-order valence-corrected chi connectivity index (χ2v) is 12.8. The number of amides is 2. The largest absolute Gasteiger partial charge is 0.461 e. The number of nitrogens with zero attached hydrogens (tertiary/aromatic N) is 1. The van der Waals surface area contributed by atoms with Crippen molar-refractivity contribution in [1.29, 1.82) is 0 Å². The van der Waals surface area contributed by atoms with Crippen molar-refractivity contribution in [2.24, 2.45) is 0 Å². The topological polar surface area (TPSA) is 122 Å². The van der Waals surface area contributed by atoms with Crippen LogP contribution in [0.3, 0.4) is 0 Å². The van der Waals surface area contributed by atoms with Crippen LogP contribution in [0.1, 0.15) is 59.9 Å². The third kappa shape index (κ3) is 7.44. The summed E-state index contributed by atoms with van der Waals surface area (Å²) in [6.45, 7) is 11.2. The Bertz CT molecular complexity index is 1070. The van der Waals surface area contributed by atoms with Gasteiger partial charge in [-0.25, -0.2) is 14.4 Å². The molecule has 0 radical (unpaired) electrons. The molecule has 0 saturated carbocycles. The lowest BCUT2D eigenvalue weighted by Gasteiger charge is -2.44. The standard InChI is InChI=1S/C29H42N2O9/c1-27(2,3)39-25(33)30-19-13-29(17-37-24(19)32)14-20-23(38-29)22(31(7)26(34)40-28(4,5)6)21(16-36-20)35-15-18-11-9-8-10-12-18/h8-12,19-23H,13-17H2,1-7H3,(H,30,33)/t19-,20+,21+,22+,23-,29?/m0/s1. The summed E-state index contributed by atoms with van der Waals surface area (Å²) in [4.78, 5) is 39.7. The molecule has 3 aliphatic rings. The predicted molar refractivity (Wildman–Crippen MR) is 143 cm³/mol. The monoisotopic (exact) mass is 562 g/mol. The zero-order valence-corrected chi connectivity index (χ0v) is 24.4. The van der Waals surface area contributed by atoms with Crippen molar-refractivity contribution in [2.45, 2.75) is 108 Å². The first-order valence-electron chi connectivity index (χ1n) is 13.7. The van der Waals surface area contributed by atoms with Crippen LogP contribution in [-0.4, -0.2) is 90.5 Å². The van der Waals surface area contributed by atoms with Gasteiger partial charge in [-0.05, 0) is 47.1 Å². The molecular weight excluding hydrogens is 520 g/mol. The smallest absolute Gasteiger partial charge is 0.410 e. The number of nitrogens with one attached hydrogen (secondary N) is 1. The summed E-state index contributed by atoms with van der Waals surface area (Å²) in [7, 11) is 1.67. The quantitative estimate of drug-likeness (QED) is 0.424. The second kappa shape index (κ2) is 11.5. The lowest BCUT2D eigenvalue weighted by molar-refractivity contribution is -0.196. The zero-order valence-electron chi connectivity index (χ0n) is 24.4. The molecule has 4 rings (SSSR count). The lowest BCUT2D eigenvalue weighted by atomic mass is 9.87. The van der Waals surface area contributed by atoms with Crippen LogP contribution in [0, 0.1) is 0 Å². The third-order valence-electron chi connectivity index (χ3n) is 6.98. The third-order valence-corrected chi connectivity index (χ3v) is 6.98. The summed E-state index contributed by atoms with van der Waals surface area (Å²) >= 11 is 0. The Balaban J connectivity index is 1.53. The van der Waals surface area contributed by atoms with Crippen LogP contribution in [-0.2, 0) is 39.8 Å². The first kappa shape index (κ1) is 30.1. The normalized spacial score (nSPS) is 30.3. The van der Waals surface area contributed by atoms with Crippen LogP contribution in [0.25, 0.3) is 0 Å². The summed E-state index contributed by atoms with van der Waals surface area (Å²) < 4.78 is 35.6. The van der Waals surface area contributed by atoms with Gasteiger partial charge in [0.2, 0.25) is 0 Å². The first-order chi connectivity index (χ1) is 18.6. The molecule has 3 fully saturated rings. The summed E-state index contributed by atoms with van der Waals surface area (Å²) in [6.07, 6.45) is -2.08. The molecule has 1 spiro atoms. The molecule has 1 aromatic rings. The SMILES string of the molecule is CN(C(=O)OC(C)(C)C)[C@H]1[C@H]2OC3(COC(=O)[C@@H](NC(=O)OC(C)(C)C)C3)C[C@H]2OC[C@H]1OCc1ccccc1. The van der Waals surface area contributed by atoms with E-state index in [1.165, 1.54) is 4.90 Å². The Morgan fingerprint density at radius 1 is 1.05 bits per heavy atom. The van der Waals surface area contributed by atoms with Crippen molar-refractivity contribution in [3.63, 3.8) is 0 Å². The van der Waals surface area contributed by atoms with E-state index in [2.05, 4.69) is 5.32 Å². The number of cyclic esters (lactones) is 1. The number of hydrogen-bond acceptors (Lipinski definition) is 9. The van der Waals surface area contributed by atoms with Gasteiger partial charge in [-0.2, -0.15) is 0 Å². The molecule has 11 nitrogen and oxygen atoms in total. The van der Waals surface area contributed by atoms with Gasteiger partial charge in [-0.1, -0.05) is 30.3 Å². The van der Waals surface area contributed by atoms with E-state index in [0.717, 1.165) is 5.56 Å². The van der Waals surface area contributed by atoms with Gasteiger partial charge in [-0.3, -0.25) is 0 Å². The van der Waals surface area contributed by atoms with Crippen molar-refractivity contribution >= 4 is 18.2 Å². The van der Waals surface area contributed by atoms with Crippen molar-refractivity contribution in [3.8, 4) is 0 Å². The lowest BCUT2D eigenvalue weighted by Crippen LogP contribution is -2.61. The second-order valence-electron chi connectivity index (χ2n) is 12.8. The number of hydrogen-bond donors (Lipinski definition) is 1. The number of rotatable bonds is 5. The van der Waals surface area contributed by atoms with Crippen LogP contribution in [0.5, 0.6) is 0 Å². The van der Waals surface area contributed by atoms with Crippen molar-refractivity contribution in [2.75, 3.05) is 20.3 Å². The molecule has 222 valence electrons. The van der Waals surface area contributed by atoms with E-state index < -0.39 is 59.3 Å². The zero-order chi connectivity index (χ0) is 29.3. The van der Waals surface area contributed by atoms with E-state index in [-0.39, 0.29) is 25.7 Å². The highest BCUT2D eigenvalue weighted by atomic mass is 16.6. The molecule has 3 heterocycles. The number of benzene rings is 1. The van der Waals surface area contributed by atoms with Crippen LogP contribution >= 0.6 is 0 Å². The van der Waals surface area contributed by atoms with Gasteiger partial charge in [0.25, 0.3) is 0 Å². The highest BCUT2D eigenvalue weighted by Crippen LogP contribution is 2.43. The summed E-state index contributed by atoms with van der Waals surface area (Å²) in [6, 6.07) is 8.26. The molecular formula is C29H42N2O9. The fourth-order valence-electron chi connectivity index (χ4n) is 5.32. The van der Waals surface area contributed by atoms with E-state index in [1.807, 2.05) is 51.1 Å². The van der Waals surface area contributed by atoms with Crippen molar-refractivity contribution in [3.05, 3.63) is 35.9 Å². The summed E-state index contributed by atoms with van der Waals surface area (Å²) in [5.41, 5.74) is -1.33. The molecule has 1 unspecified atom stereocenters. The molecule has 1 aromatic carbocycles. The number of alkyl carbamates (subject to hydrolysis) is 1. The average Bonchev–Trinajstić information content (AvgIpc) is 3.20. The van der Waals surface area contributed by atoms with E-state index in [9.17, 15) is 14.4 Å². The highest BCUT2D eigenvalue weighted by molar-refractivity contribution is 5.82. The minimum absolute atomic E-state index is 0.00705. The number of carbonyl (C=O) groups is 3. The van der Waals surface area contributed by atoms with E-state index in [0.29, 0.717) is 13.0 Å². The number of fused-ring (bicyclic) bond motifs is 1. The number of carbonyl (C=O) groups excluding carboxylic acids is 3. The fourth-order valence-corrected chi connectivity index (χ4v) is 5.32. The Labute approximate surface area is 235 Å². The molecule has 3 aliphatic heterocycles. The number of esters is 1. The molecule has 0 aromatic heterocycles. The Morgan fingerprint density at radius 3 is 2.38 bits per heavy atom. The number of likely N-dealkylation sites (N-methyl/N-ethyl adjacent to an activating group) is 1.